The fourth-order valence-corrected chi connectivity index (χ4v) is 6.12. The summed E-state index contributed by atoms with van der Waals surface area (Å²) in [6.07, 6.45) is 5.20. The third-order valence-corrected chi connectivity index (χ3v) is 7.58. The third-order valence-electron chi connectivity index (χ3n) is 5.49. The van der Waals surface area contributed by atoms with Crippen LogP contribution in [0, 0.1) is 5.92 Å². The Kier molecular flexibility index (Phi) is 3.91. The molecule has 0 aromatic heterocycles. The highest BCUT2D eigenvalue weighted by Crippen LogP contribution is 2.38. The Bertz CT molecular complexity index is 541. The van der Waals surface area contributed by atoms with Crippen molar-refractivity contribution in [1.82, 2.24) is 4.90 Å². The molecule has 1 aliphatic heterocycles. The van der Waals surface area contributed by atoms with Gasteiger partial charge in [0, 0.05) is 6.04 Å². The number of benzene rings is 1. The Morgan fingerprint density at radius 1 is 1.19 bits per heavy atom. The summed E-state index contributed by atoms with van der Waals surface area (Å²) in [5, 5.41) is 1.66. The molecule has 1 aliphatic carbocycles. The zero-order valence-corrected chi connectivity index (χ0v) is 15.2. The van der Waals surface area contributed by atoms with E-state index in [0.29, 0.717) is 0 Å². The highest BCUT2D eigenvalue weighted by atomic mass is 28.3. The Hall–Kier alpha value is -0.803. The van der Waals surface area contributed by atoms with Crippen LogP contribution in [0.25, 0.3) is 0 Å². The van der Waals surface area contributed by atoms with E-state index < -0.39 is 8.07 Å². The van der Waals surface area contributed by atoms with Gasteiger partial charge in [0.25, 0.3) is 0 Å². The lowest BCUT2D eigenvalue weighted by atomic mass is 9.75. The van der Waals surface area contributed by atoms with E-state index in [-0.39, 0.29) is 1.43 Å². The Balaban J connectivity index is 0.00000176. The number of piperidine rings is 1. The molecule has 1 heterocycles. The van der Waals surface area contributed by atoms with E-state index >= 15 is 0 Å². The summed E-state index contributed by atoms with van der Waals surface area (Å²) in [5.74, 6) is 1.96. The average molecular weight is 305 g/mol. The van der Waals surface area contributed by atoms with Gasteiger partial charge >= 0.3 is 1.43 Å². The first-order valence-corrected chi connectivity index (χ1v) is 11.8. The quantitative estimate of drug-likeness (QED) is 0.778. The number of hydrogen-bond donors (Lipinski definition) is 0. The van der Waals surface area contributed by atoms with Crippen molar-refractivity contribution in [1.29, 1.82) is 0 Å². The van der Waals surface area contributed by atoms with Gasteiger partial charge in [0.05, 0.1) is 15.2 Å². The van der Waals surface area contributed by atoms with Gasteiger partial charge in [-0.2, -0.15) is 0 Å². The summed E-state index contributed by atoms with van der Waals surface area (Å²) in [5.41, 5.74) is 3.15. The molecule has 0 unspecified atom stereocenters. The smallest absolute Gasteiger partial charge is 0.496 e. The molecule has 1 aromatic carbocycles. The molecular formula is C18H30NOSi+. The van der Waals surface area contributed by atoms with Crippen LogP contribution in [0.1, 0.15) is 25.4 Å². The van der Waals surface area contributed by atoms with Crippen LogP contribution < -0.4 is 9.92 Å². The van der Waals surface area contributed by atoms with Crippen LogP contribution in [-0.2, 0) is 12.8 Å². The number of hydrogen-bond acceptors (Lipinski definition) is 2. The molecular weight excluding hydrogens is 274 g/mol. The molecule has 0 N–H and O–H groups in total. The van der Waals surface area contributed by atoms with Gasteiger partial charge < -0.3 is 9.64 Å². The highest BCUT2D eigenvalue weighted by molar-refractivity contribution is 6.89. The predicted octanol–water partition coefficient (Wildman–Crippen LogP) is 3.16. The monoisotopic (exact) mass is 304 g/mol. The SMILES string of the molecule is COc1ccc([Si](C)(C)C)c2c1C[C@@H]1[C@H](CCCN1C)C2.[H+]. The fraction of sp³-hybridized carbons (Fsp3) is 0.667. The average Bonchev–Trinajstić information content (AvgIpc) is 2.43. The van der Waals surface area contributed by atoms with E-state index in [2.05, 4.69) is 43.7 Å². The zero-order chi connectivity index (χ0) is 15.2. The summed E-state index contributed by atoms with van der Waals surface area (Å²) in [6.45, 7) is 8.66. The maximum Gasteiger partial charge on any atom is 1.00 e. The minimum absolute atomic E-state index is 0. The van der Waals surface area contributed by atoms with Crippen LogP contribution in [0.2, 0.25) is 19.6 Å². The fourth-order valence-electron chi connectivity index (χ4n) is 4.38. The van der Waals surface area contributed by atoms with Crippen molar-refractivity contribution < 1.29 is 6.16 Å². The van der Waals surface area contributed by atoms with E-state index in [1.165, 1.54) is 37.8 Å². The normalized spacial score (nSPS) is 26.1. The third kappa shape index (κ3) is 2.66. The van der Waals surface area contributed by atoms with Crippen molar-refractivity contribution in [2.24, 2.45) is 5.92 Å². The minimum atomic E-state index is -1.29. The summed E-state index contributed by atoms with van der Waals surface area (Å²) in [6, 6.07) is 5.30. The molecule has 1 fully saturated rings. The Morgan fingerprint density at radius 2 is 1.95 bits per heavy atom. The molecule has 2 nitrogen and oxygen atoms in total. The van der Waals surface area contributed by atoms with Crippen LogP contribution in [0.4, 0.5) is 0 Å². The molecule has 0 radical (unpaired) electrons. The van der Waals surface area contributed by atoms with Gasteiger partial charge in [-0.15, -0.1) is 0 Å². The molecule has 0 bridgehead atoms. The van der Waals surface area contributed by atoms with Gasteiger partial charge in [-0.1, -0.05) is 30.9 Å². The van der Waals surface area contributed by atoms with Crippen LogP contribution in [-0.4, -0.2) is 39.7 Å². The predicted molar refractivity (Wildman–Crippen MR) is 93.6 cm³/mol. The second-order valence-corrected chi connectivity index (χ2v) is 12.9. The van der Waals surface area contributed by atoms with Crippen molar-refractivity contribution in [3.63, 3.8) is 0 Å². The van der Waals surface area contributed by atoms with E-state index in [1.54, 1.807) is 10.8 Å². The van der Waals surface area contributed by atoms with E-state index in [4.69, 9.17) is 4.74 Å². The lowest BCUT2D eigenvalue weighted by Gasteiger charge is -2.44. The maximum atomic E-state index is 5.69. The molecule has 2 aliphatic rings. The second kappa shape index (κ2) is 5.44. The first kappa shape index (κ1) is 15.1. The van der Waals surface area contributed by atoms with Crippen molar-refractivity contribution >= 4 is 13.3 Å². The number of nitrogens with zero attached hydrogens (tertiary/aromatic N) is 1. The number of rotatable bonds is 2. The number of likely N-dealkylation sites (N-methyl/N-ethyl adjacent to an activating group) is 1. The van der Waals surface area contributed by atoms with Gasteiger partial charge in [-0.3, -0.25) is 0 Å². The van der Waals surface area contributed by atoms with Crippen molar-refractivity contribution in [3.8, 4) is 5.75 Å². The summed E-state index contributed by atoms with van der Waals surface area (Å²) in [4.78, 5) is 2.58. The maximum absolute atomic E-state index is 5.69. The van der Waals surface area contributed by atoms with Crippen LogP contribution in [0.5, 0.6) is 5.75 Å². The molecule has 2 atom stereocenters. The molecule has 3 rings (SSSR count). The minimum Gasteiger partial charge on any atom is -0.496 e. The van der Waals surface area contributed by atoms with Crippen LogP contribution in [0.15, 0.2) is 12.1 Å². The van der Waals surface area contributed by atoms with Crippen LogP contribution in [0.3, 0.4) is 0 Å². The van der Waals surface area contributed by atoms with E-state index in [0.717, 1.165) is 17.7 Å². The Labute approximate surface area is 132 Å². The van der Waals surface area contributed by atoms with E-state index in [9.17, 15) is 0 Å². The molecule has 0 saturated carbocycles. The Morgan fingerprint density at radius 3 is 2.62 bits per heavy atom. The lowest BCUT2D eigenvalue weighted by Crippen LogP contribution is -2.50. The van der Waals surface area contributed by atoms with E-state index in [1.807, 2.05) is 7.11 Å². The van der Waals surface area contributed by atoms with Crippen molar-refractivity contribution in [2.45, 2.75) is 51.4 Å². The number of methoxy groups -OCH3 is 1. The number of ether oxygens (including phenoxy) is 1. The topological polar surface area (TPSA) is 12.5 Å². The van der Waals surface area contributed by atoms with Gasteiger partial charge in [-0.25, -0.2) is 0 Å². The van der Waals surface area contributed by atoms with Gasteiger partial charge in [0.15, 0.2) is 0 Å². The standard InChI is InChI=1S/C18H29NOSi/c1-19-10-6-7-13-11-15-14(12-16(13)19)17(20-2)8-9-18(15)21(3,4)5/h8-9,13,16H,6-7,10-12H2,1-5H3/p+1/t13-,16-/m1/s1. The molecule has 21 heavy (non-hydrogen) atoms. The lowest BCUT2D eigenvalue weighted by molar-refractivity contribution is 0.112. The second-order valence-electron chi connectivity index (χ2n) is 7.88. The summed E-state index contributed by atoms with van der Waals surface area (Å²) in [7, 11) is 2.83. The first-order chi connectivity index (χ1) is 9.91. The zero-order valence-electron chi connectivity index (χ0n) is 15.2. The molecule has 1 saturated heterocycles. The highest BCUT2D eigenvalue weighted by Gasteiger charge is 2.37. The first-order valence-electron chi connectivity index (χ1n) is 8.31. The summed E-state index contributed by atoms with van der Waals surface area (Å²) >= 11 is 0. The van der Waals surface area contributed by atoms with Gasteiger partial charge in [0.2, 0.25) is 0 Å². The van der Waals surface area contributed by atoms with Gasteiger partial charge in [-0.05, 0) is 62.4 Å². The van der Waals surface area contributed by atoms with Crippen molar-refractivity contribution in [2.75, 3.05) is 20.7 Å². The molecule has 0 amide bonds. The molecule has 116 valence electrons. The van der Waals surface area contributed by atoms with Crippen molar-refractivity contribution in [3.05, 3.63) is 23.3 Å². The molecule has 0 spiro atoms. The largest absolute Gasteiger partial charge is 1.00 e. The number of likely N-dealkylation sites (tertiary alicyclic amines) is 1. The summed E-state index contributed by atoms with van der Waals surface area (Å²) < 4.78 is 5.69. The molecule has 3 heteroatoms. The van der Waals surface area contributed by atoms with Gasteiger partial charge in [0.1, 0.15) is 5.75 Å². The molecule has 1 aromatic rings. The van der Waals surface area contributed by atoms with Crippen LogP contribution >= 0.6 is 0 Å². The number of fused-ring (bicyclic) bond motifs is 2.